The molecule has 2 aromatic carbocycles. The Morgan fingerprint density at radius 2 is 2.06 bits per heavy atom. The number of primary amides is 1. The van der Waals surface area contributed by atoms with Gasteiger partial charge in [-0.05, 0) is 71.9 Å². The number of nitrogens with zero attached hydrogens (tertiary/aromatic N) is 1. The Morgan fingerprint density at radius 3 is 2.76 bits per heavy atom. The number of carbonyl (C=O) groups excluding carboxylic acids is 2. The highest BCUT2D eigenvalue weighted by Gasteiger charge is 2.30. The van der Waals surface area contributed by atoms with E-state index in [1.807, 2.05) is 18.2 Å². The fourth-order valence-electron chi connectivity index (χ4n) is 5.79. The molecule has 1 aromatic heterocycles. The Morgan fingerprint density at radius 1 is 1.26 bits per heavy atom. The number of fused-ring (bicyclic) bond motifs is 4. The smallest absolute Gasteiger partial charge is 0.250 e. The number of hydrogen-bond donors (Lipinski definition) is 2. The molecule has 1 atom stereocenters. The highest BCUT2D eigenvalue weighted by atomic mass is 19.1. The Labute approximate surface area is 198 Å². The van der Waals surface area contributed by atoms with E-state index in [4.69, 9.17) is 5.73 Å². The van der Waals surface area contributed by atoms with Crippen molar-refractivity contribution in [1.82, 2.24) is 9.88 Å². The Balaban J connectivity index is 1.73. The van der Waals surface area contributed by atoms with Gasteiger partial charge in [-0.3, -0.25) is 9.59 Å². The van der Waals surface area contributed by atoms with Gasteiger partial charge in [0.05, 0.1) is 11.1 Å². The molecule has 1 aliphatic carbocycles. The Hall–Kier alpha value is -3.41. The second-order valence-electron chi connectivity index (χ2n) is 9.88. The molecule has 34 heavy (non-hydrogen) atoms. The number of rotatable bonds is 4. The second-order valence-corrected chi connectivity index (χ2v) is 9.88. The molecule has 0 radical (unpaired) electrons. The lowest BCUT2D eigenvalue weighted by molar-refractivity contribution is -0.126. The van der Waals surface area contributed by atoms with E-state index in [9.17, 15) is 9.59 Å². The molecule has 2 heterocycles. The molecule has 2 amide bonds. The van der Waals surface area contributed by atoms with Gasteiger partial charge in [0.15, 0.2) is 0 Å². The van der Waals surface area contributed by atoms with Gasteiger partial charge >= 0.3 is 0 Å². The highest BCUT2D eigenvalue weighted by Crippen LogP contribution is 2.43. The molecule has 1 aliphatic heterocycles. The third kappa shape index (κ3) is 3.52. The number of benzene rings is 2. The van der Waals surface area contributed by atoms with E-state index >= 15 is 4.39 Å². The number of carbonyl (C=O) groups is 2. The predicted octanol–water partition coefficient (Wildman–Crippen LogP) is 4.90. The first kappa shape index (κ1) is 22.4. The number of nitrogens with one attached hydrogen (secondary N) is 1. The topological polar surface area (TPSA) is 79.2 Å². The van der Waals surface area contributed by atoms with Crippen LogP contribution in [0.15, 0.2) is 36.9 Å². The lowest BCUT2D eigenvalue weighted by Crippen LogP contribution is -2.34. The minimum atomic E-state index is -0.636. The van der Waals surface area contributed by atoms with Gasteiger partial charge in [0, 0.05) is 29.7 Å². The second kappa shape index (κ2) is 8.42. The number of amides is 2. The molecular weight excluding hydrogens is 429 g/mol. The minimum Gasteiger partial charge on any atom is -0.366 e. The Bertz CT molecular complexity index is 1340. The highest BCUT2D eigenvalue weighted by molar-refractivity contribution is 6.11. The summed E-state index contributed by atoms with van der Waals surface area (Å²) in [7, 11) is 0. The van der Waals surface area contributed by atoms with Crippen LogP contribution in [-0.4, -0.2) is 28.2 Å². The molecule has 5 nitrogen and oxygen atoms in total. The summed E-state index contributed by atoms with van der Waals surface area (Å²) in [5, 5.41) is 0.781. The zero-order valence-corrected chi connectivity index (χ0v) is 19.7. The lowest BCUT2D eigenvalue weighted by Gasteiger charge is -2.30. The molecule has 2 aliphatic rings. The van der Waals surface area contributed by atoms with Crippen LogP contribution in [-0.2, 0) is 30.6 Å². The van der Waals surface area contributed by atoms with Gasteiger partial charge in [0.1, 0.15) is 5.82 Å². The number of nitrogens with two attached hydrogens (primary N) is 1. The quantitative estimate of drug-likeness (QED) is 0.544. The molecule has 0 saturated carbocycles. The minimum absolute atomic E-state index is 0.102. The summed E-state index contributed by atoms with van der Waals surface area (Å²) < 4.78 is 15.8. The third-order valence-corrected chi connectivity index (χ3v) is 7.68. The number of aryl methyl sites for hydroxylation is 1. The first-order valence-corrected chi connectivity index (χ1v) is 12.0. The maximum absolute atomic E-state index is 15.8. The first-order chi connectivity index (χ1) is 16.3. The standard InChI is InChI=1S/C28H30FN3O2/c1-4-24(33)32-11-10-18-17(14-32)6-5-7-19(18)25-22(29)13-21(28(30)34)27-26(25)20-9-8-16(15(2)3)12-23(20)31-27/h4-7,13,15-16,31H,1,8-12,14H2,2-3H3,(H2,30,34). The largest absolute Gasteiger partial charge is 0.366 e. The van der Waals surface area contributed by atoms with Crippen molar-refractivity contribution in [1.29, 1.82) is 0 Å². The summed E-state index contributed by atoms with van der Waals surface area (Å²) in [6.07, 6.45) is 4.71. The van der Waals surface area contributed by atoms with E-state index in [1.54, 1.807) is 4.90 Å². The summed E-state index contributed by atoms with van der Waals surface area (Å²) in [6.45, 7) is 9.08. The van der Waals surface area contributed by atoms with Gasteiger partial charge in [0.2, 0.25) is 5.91 Å². The number of hydrogen-bond acceptors (Lipinski definition) is 2. The molecule has 5 rings (SSSR count). The first-order valence-electron chi connectivity index (χ1n) is 12.0. The fourth-order valence-corrected chi connectivity index (χ4v) is 5.79. The van der Waals surface area contributed by atoms with Gasteiger partial charge in [-0.25, -0.2) is 4.39 Å². The average Bonchev–Trinajstić information content (AvgIpc) is 3.20. The van der Waals surface area contributed by atoms with Gasteiger partial charge in [0.25, 0.3) is 5.91 Å². The molecular formula is C28H30FN3O2. The number of H-pyrrole nitrogens is 1. The van der Waals surface area contributed by atoms with Crippen molar-refractivity contribution in [3.05, 3.63) is 70.7 Å². The number of aromatic nitrogens is 1. The monoisotopic (exact) mass is 459 g/mol. The van der Waals surface area contributed by atoms with Crippen LogP contribution in [0.2, 0.25) is 0 Å². The van der Waals surface area contributed by atoms with Crippen LogP contribution in [0.5, 0.6) is 0 Å². The van der Waals surface area contributed by atoms with Crippen LogP contribution >= 0.6 is 0 Å². The number of halogens is 1. The van der Waals surface area contributed by atoms with Crippen LogP contribution in [0.3, 0.4) is 0 Å². The van der Waals surface area contributed by atoms with E-state index in [2.05, 4.69) is 25.4 Å². The molecule has 6 heteroatoms. The van der Waals surface area contributed by atoms with Crippen molar-refractivity contribution >= 4 is 22.7 Å². The van der Waals surface area contributed by atoms with Crippen molar-refractivity contribution in [2.45, 2.75) is 46.1 Å². The molecule has 3 N–H and O–H groups in total. The van der Waals surface area contributed by atoms with Gasteiger partial charge in [-0.1, -0.05) is 38.6 Å². The van der Waals surface area contributed by atoms with Crippen LogP contribution < -0.4 is 5.73 Å². The lowest BCUT2D eigenvalue weighted by atomic mass is 9.79. The zero-order valence-electron chi connectivity index (χ0n) is 19.7. The van der Waals surface area contributed by atoms with E-state index in [0.717, 1.165) is 52.6 Å². The summed E-state index contributed by atoms with van der Waals surface area (Å²) in [5.74, 6) is -0.0810. The summed E-state index contributed by atoms with van der Waals surface area (Å²) in [4.78, 5) is 29.6. The summed E-state index contributed by atoms with van der Waals surface area (Å²) >= 11 is 0. The van der Waals surface area contributed by atoms with Crippen molar-refractivity contribution in [3.8, 4) is 11.1 Å². The van der Waals surface area contributed by atoms with Crippen molar-refractivity contribution < 1.29 is 14.0 Å². The predicted molar refractivity (Wildman–Crippen MR) is 132 cm³/mol. The van der Waals surface area contributed by atoms with E-state index < -0.39 is 11.7 Å². The maximum atomic E-state index is 15.8. The molecule has 0 spiro atoms. The summed E-state index contributed by atoms with van der Waals surface area (Å²) in [6, 6.07) is 7.13. The SMILES string of the molecule is C=CC(=O)N1CCc2c(cccc2-c2c(F)cc(C(N)=O)c3[nH]c4c(c23)CCC(C(C)C)C4)C1. The van der Waals surface area contributed by atoms with Gasteiger partial charge < -0.3 is 15.6 Å². The van der Waals surface area contributed by atoms with Gasteiger partial charge in [-0.15, -0.1) is 0 Å². The zero-order chi connectivity index (χ0) is 24.1. The van der Waals surface area contributed by atoms with Crippen molar-refractivity contribution in [2.24, 2.45) is 17.6 Å². The summed E-state index contributed by atoms with van der Waals surface area (Å²) in [5.41, 5.74) is 12.1. The number of aromatic amines is 1. The van der Waals surface area contributed by atoms with E-state index in [1.165, 1.54) is 12.1 Å². The third-order valence-electron chi connectivity index (χ3n) is 7.68. The van der Waals surface area contributed by atoms with Crippen LogP contribution in [0.4, 0.5) is 4.39 Å². The molecule has 3 aromatic rings. The molecule has 0 bridgehead atoms. The van der Waals surface area contributed by atoms with E-state index in [0.29, 0.717) is 42.4 Å². The molecule has 1 unspecified atom stereocenters. The normalized spacial score (nSPS) is 17.5. The molecule has 176 valence electrons. The van der Waals surface area contributed by atoms with Crippen LogP contribution in [0, 0.1) is 17.7 Å². The van der Waals surface area contributed by atoms with Crippen molar-refractivity contribution in [2.75, 3.05) is 6.54 Å². The van der Waals surface area contributed by atoms with Crippen LogP contribution in [0.25, 0.3) is 22.0 Å². The maximum Gasteiger partial charge on any atom is 0.250 e. The Kier molecular flexibility index (Phi) is 5.54. The van der Waals surface area contributed by atoms with E-state index in [-0.39, 0.29) is 11.5 Å². The molecule has 0 fully saturated rings. The fraction of sp³-hybridized carbons (Fsp3) is 0.357. The molecule has 0 saturated heterocycles. The average molecular weight is 460 g/mol. The van der Waals surface area contributed by atoms with Gasteiger partial charge in [-0.2, -0.15) is 0 Å². The van der Waals surface area contributed by atoms with Crippen molar-refractivity contribution in [3.63, 3.8) is 0 Å². The van der Waals surface area contributed by atoms with Crippen LogP contribution in [0.1, 0.15) is 53.0 Å².